The van der Waals surface area contributed by atoms with E-state index < -0.39 is 23.1 Å². The summed E-state index contributed by atoms with van der Waals surface area (Å²) in [6, 6.07) is 5.05. The lowest BCUT2D eigenvalue weighted by molar-refractivity contribution is -0.140. The Morgan fingerprint density at radius 3 is 2.41 bits per heavy atom. The molecule has 0 aliphatic carbocycles. The molecule has 0 atom stereocenters. The van der Waals surface area contributed by atoms with Gasteiger partial charge >= 0.3 is 11.9 Å². The minimum absolute atomic E-state index is 0.134. The summed E-state index contributed by atoms with van der Waals surface area (Å²) in [6.07, 6.45) is 0.965. The van der Waals surface area contributed by atoms with E-state index in [4.69, 9.17) is 9.47 Å². The van der Waals surface area contributed by atoms with Gasteiger partial charge in [-0.15, -0.1) is 0 Å². The minimum atomic E-state index is -0.742. The third kappa shape index (κ3) is 5.28. The summed E-state index contributed by atoms with van der Waals surface area (Å²) in [6.45, 7) is 3.57. The molecule has 7 nitrogen and oxygen atoms in total. The summed E-state index contributed by atoms with van der Waals surface area (Å²) in [5, 5.41) is 12.0. The second kappa shape index (κ2) is 8.46. The SMILES string of the molecule is CCOC(=O)C=C(Nc1ccc(O)c(=O)cc1)C(=O)OCC. The fourth-order valence-corrected chi connectivity index (χ4v) is 1.45. The van der Waals surface area contributed by atoms with Crippen molar-refractivity contribution in [2.75, 3.05) is 18.5 Å². The predicted octanol–water partition coefficient (Wildman–Crippen LogP) is 1.17. The summed E-state index contributed by atoms with van der Waals surface area (Å²) in [5.74, 6) is -1.88. The zero-order chi connectivity index (χ0) is 16.5. The number of hydrogen-bond donors (Lipinski definition) is 2. The molecular formula is C15H17NO6. The monoisotopic (exact) mass is 307 g/mol. The Kier molecular flexibility index (Phi) is 6.62. The van der Waals surface area contributed by atoms with E-state index in [1.807, 2.05) is 0 Å². The Morgan fingerprint density at radius 1 is 1.14 bits per heavy atom. The smallest absolute Gasteiger partial charge is 0.355 e. The molecule has 1 aromatic carbocycles. The van der Waals surface area contributed by atoms with Crippen LogP contribution in [0.2, 0.25) is 0 Å². The molecule has 0 unspecified atom stereocenters. The summed E-state index contributed by atoms with van der Waals surface area (Å²) in [5.41, 5.74) is -0.389. The highest BCUT2D eigenvalue weighted by Crippen LogP contribution is 2.11. The highest BCUT2D eigenvalue weighted by atomic mass is 16.5. The lowest BCUT2D eigenvalue weighted by atomic mass is 10.3. The van der Waals surface area contributed by atoms with Gasteiger partial charge in [0.2, 0.25) is 5.43 Å². The molecule has 0 heterocycles. The maximum absolute atomic E-state index is 11.8. The fourth-order valence-electron chi connectivity index (χ4n) is 1.45. The van der Waals surface area contributed by atoms with Gasteiger partial charge in [-0.25, -0.2) is 9.59 Å². The Bertz CT molecular complexity index is 638. The highest BCUT2D eigenvalue weighted by molar-refractivity contribution is 5.98. The van der Waals surface area contributed by atoms with Gasteiger partial charge in [-0.05, 0) is 38.1 Å². The van der Waals surface area contributed by atoms with Crippen LogP contribution in [0.3, 0.4) is 0 Å². The van der Waals surface area contributed by atoms with Gasteiger partial charge in [0, 0.05) is 5.69 Å². The van der Waals surface area contributed by atoms with Crippen LogP contribution in [0.5, 0.6) is 5.75 Å². The van der Waals surface area contributed by atoms with Crippen molar-refractivity contribution < 1.29 is 24.2 Å². The summed E-state index contributed by atoms with van der Waals surface area (Å²) < 4.78 is 9.58. The van der Waals surface area contributed by atoms with Crippen molar-refractivity contribution in [3.8, 4) is 5.75 Å². The van der Waals surface area contributed by atoms with Crippen molar-refractivity contribution >= 4 is 17.6 Å². The van der Waals surface area contributed by atoms with E-state index in [1.165, 1.54) is 18.2 Å². The molecule has 1 rings (SSSR count). The third-order valence-electron chi connectivity index (χ3n) is 2.41. The number of nitrogens with one attached hydrogen (secondary N) is 1. The van der Waals surface area contributed by atoms with Gasteiger partial charge in [-0.3, -0.25) is 4.79 Å². The predicted molar refractivity (Wildman–Crippen MR) is 79.3 cm³/mol. The average Bonchev–Trinajstić information content (AvgIpc) is 2.62. The minimum Gasteiger partial charge on any atom is -0.504 e. The molecule has 0 spiro atoms. The zero-order valence-electron chi connectivity index (χ0n) is 12.3. The molecule has 0 saturated carbocycles. The molecule has 22 heavy (non-hydrogen) atoms. The normalized spacial score (nSPS) is 10.7. The lowest BCUT2D eigenvalue weighted by Gasteiger charge is -2.09. The maximum Gasteiger partial charge on any atom is 0.355 e. The Balaban J connectivity index is 3.08. The van der Waals surface area contributed by atoms with Crippen LogP contribution in [0.1, 0.15) is 13.8 Å². The number of hydrogen-bond acceptors (Lipinski definition) is 7. The van der Waals surface area contributed by atoms with Crippen LogP contribution < -0.4 is 10.7 Å². The van der Waals surface area contributed by atoms with E-state index in [2.05, 4.69) is 5.32 Å². The third-order valence-corrected chi connectivity index (χ3v) is 2.41. The first-order valence-electron chi connectivity index (χ1n) is 6.63. The Hall–Kier alpha value is -2.83. The van der Waals surface area contributed by atoms with Crippen molar-refractivity contribution in [2.45, 2.75) is 13.8 Å². The largest absolute Gasteiger partial charge is 0.504 e. The molecular weight excluding hydrogens is 290 g/mol. The number of rotatable bonds is 6. The molecule has 0 saturated heterocycles. The first-order valence-corrected chi connectivity index (χ1v) is 6.63. The second-order valence-corrected chi connectivity index (χ2v) is 4.03. The van der Waals surface area contributed by atoms with Crippen molar-refractivity contribution in [3.05, 3.63) is 46.3 Å². The van der Waals surface area contributed by atoms with Gasteiger partial charge < -0.3 is 19.9 Å². The molecule has 0 amide bonds. The highest BCUT2D eigenvalue weighted by Gasteiger charge is 2.13. The van der Waals surface area contributed by atoms with Crippen LogP contribution in [-0.2, 0) is 19.1 Å². The van der Waals surface area contributed by atoms with Gasteiger partial charge in [0.15, 0.2) is 5.75 Å². The molecule has 0 aromatic heterocycles. The van der Waals surface area contributed by atoms with Crippen LogP contribution in [0.15, 0.2) is 40.8 Å². The first kappa shape index (κ1) is 17.2. The van der Waals surface area contributed by atoms with Crippen LogP contribution in [0.4, 0.5) is 5.69 Å². The van der Waals surface area contributed by atoms with Gasteiger partial charge in [-0.2, -0.15) is 0 Å². The van der Waals surface area contributed by atoms with Crippen molar-refractivity contribution in [2.24, 2.45) is 0 Å². The van der Waals surface area contributed by atoms with E-state index in [0.717, 1.165) is 12.1 Å². The molecule has 0 radical (unpaired) electrons. The number of carbonyl (C=O) groups excluding carboxylic acids is 2. The van der Waals surface area contributed by atoms with Crippen molar-refractivity contribution in [1.29, 1.82) is 0 Å². The van der Waals surface area contributed by atoms with E-state index in [9.17, 15) is 19.5 Å². The Morgan fingerprint density at radius 2 is 1.77 bits per heavy atom. The molecule has 0 fully saturated rings. The first-order chi connectivity index (χ1) is 10.5. The standard InChI is InChI=1S/C15H17NO6/c1-3-21-14(19)9-11(15(20)22-4-2)16-10-5-7-12(17)13(18)8-6-10/h5-9,16H,3-4H2,1-2H3,(H,17,18). The number of esters is 2. The number of ether oxygens (including phenoxy) is 2. The molecule has 1 aromatic rings. The summed E-state index contributed by atoms with van der Waals surface area (Å²) in [7, 11) is 0. The maximum atomic E-state index is 11.8. The molecule has 2 N–H and O–H groups in total. The fraction of sp³-hybridized carbons (Fsp3) is 0.267. The zero-order valence-corrected chi connectivity index (χ0v) is 12.3. The number of aromatic hydroxyl groups is 1. The van der Waals surface area contributed by atoms with Crippen molar-refractivity contribution in [1.82, 2.24) is 0 Å². The topological polar surface area (TPSA) is 102 Å². The van der Waals surface area contributed by atoms with Gasteiger partial charge in [0.1, 0.15) is 5.70 Å². The van der Waals surface area contributed by atoms with Crippen LogP contribution >= 0.6 is 0 Å². The quantitative estimate of drug-likeness (QED) is 0.601. The van der Waals surface area contributed by atoms with E-state index in [-0.39, 0.29) is 18.9 Å². The van der Waals surface area contributed by atoms with E-state index in [1.54, 1.807) is 13.8 Å². The second-order valence-electron chi connectivity index (χ2n) is 4.03. The van der Waals surface area contributed by atoms with Crippen molar-refractivity contribution in [3.63, 3.8) is 0 Å². The molecule has 0 aliphatic rings. The summed E-state index contributed by atoms with van der Waals surface area (Å²) in [4.78, 5) is 34.6. The van der Waals surface area contributed by atoms with E-state index in [0.29, 0.717) is 5.69 Å². The molecule has 118 valence electrons. The van der Waals surface area contributed by atoms with Gasteiger partial charge in [0.25, 0.3) is 0 Å². The van der Waals surface area contributed by atoms with Gasteiger partial charge in [-0.1, -0.05) is 0 Å². The summed E-state index contributed by atoms with van der Waals surface area (Å²) >= 11 is 0. The lowest BCUT2D eigenvalue weighted by Crippen LogP contribution is -2.17. The molecule has 0 bridgehead atoms. The van der Waals surface area contributed by atoms with Crippen LogP contribution in [0, 0.1) is 0 Å². The van der Waals surface area contributed by atoms with Crippen LogP contribution in [-0.4, -0.2) is 30.3 Å². The Labute approximate surface area is 127 Å². The van der Waals surface area contributed by atoms with Crippen LogP contribution in [0.25, 0.3) is 0 Å². The average molecular weight is 307 g/mol. The number of carbonyl (C=O) groups is 2. The number of anilines is 1. The molecule has 7 heteroatoms. The van der Waals surface area contributed by atoms with E-state index >= 15 is 0 Å². The molecule has 0 aliphatic heterocycles. The van der Waals surface area contributed by atoms with Gasteiger partial charge in [0.05, 0.1) is 19.3 Å².